The van der Waals surface area contributed by atoms with Crippen LogP contribution in [0.1, 0.15) is 26.2 Å². The van der Waals surface area contributed by atoms with Gasteiger partial charge < -0.3 is 0 Å². The lowest BCUT2D eigenvalue weighted by atomic mass is 9.74. The molecule has 2 bridgehead atoms. The van der Waals surface area contributed by atoms with Crippen LogP contribution in [0.4, 0.5) is 0 Å². The normalized spacial score (nSPS) is 31.4. The summed E-state index contributed by atoms with van der Waals surface area (Å²) < 4.78 is 27.4. The summed E-state index contributed by atoms with van der Waals surface area (Å²) in [7, 11) is -3.45. The molecule has 1 aromatic carbocycles. The molecule has 1 N–H and O–H groups in total. The number of benzene rings is 1. The van der Waals surface area contributed by atoms with Gasteiger partial charge in [0.05, 0.1) is 4.90 Å². The van der Waals surface area contributed by atoms with Gasteiger partial charge in [-0.1, -0.05) is 24.9 Å². The third-order valence-corrected chi connectivity index (χ3v) is 6.86. The number of fused-ring (bicyclic) bond motifs is 3. The first kappa shape index (κ1) is 16.2. The van der Waals surface area contributed by atoms with Crippen molar-refractivity contribution < 1.29 is 8.42 Å². The molecule has 1 unspecified atom stereocenters. The third kappa shape index (κ3) is 3.32. The van der Waals surface area contributed by atoms with Gasteiger partial charge in [-0.3, -0.25) is 4.90 Å². The van der Waals surface area contributed by atoms with Gasteiger partial charge in [0, 0.05) is 24.2 Å². The Morgan fingerprint density at radius 2 is 2.05 bits per heavy atom. The number of nitrogens with zero attached hydrogens (tertiary/aromatic N) is 1. The Morgan fingerprint density at radius 1 is 1.32 bits per heavy atom. The van der Waals surface area contributed by atoms with E-state index in [1.165, 1.54) is 12.8 Å². The van der Waals surface area contributed by atoms with Crippen LogP contribution in [-0.2, 0) is 10.0 Å². The highest BCUT2D eigenvalue weighted by molar-refractivity contribution is 7.89. The Kier molecular flexibility index (Phi) is 4.78. The monoisotopic (exact) mass is 342 g/mol. The van der Waals surface area contributed by atoms with Crippen molar-refractivity contribution in [1.82, 2.24) is 9.62 Å². The topological polar surface area (TPSA) is 49.4 Å². The van der Waals surface area contributed by atoms with Crippen molar-refractivity contribution in [3.63, 3.8) is 0 Å². The van der Waals surface area contributed by atoms with Crippen molar-refractivity contribution in [2.75, 3.05) is 19.6 Å². The van der Waals surface area contributed by atoms with E-state index in [2.05, 4.69) is 16.5 Å². The Bertz CT molecular complexity index is 618. The maximum atomic E-state index is 12.3. The Labute approximate surface area is 137 Å². The largest absolute Gasteiger partial charge is 0.299 e. The summed E-state index contributed by atoms with van der Waals surface area (Å²) in [5.74, 6) is 1.55. The van der Waals surface area contributed by atoms with E-state index in [-0.39, 0.29) is 4.90 Å². The van der Waals surface area contributed by atoms with Crippen molar-refractivity contribution in [1.29, 1.82) is 0 Å². The zero-order valence-corrected chi connectivity index (χ0v) is 14.4. The SMILES string of the molecule is CC[C@H]1CN2CC[C@H]1C[C@@H]2CNS(=O)(=O)c1ccc(Cl)cc1. The molecule has 0 aromatic heterocycles. The van der Waals surface area contributed by atoms with Gasteiger partial charge >= 0.3 is 0 Å². The summed E-state index contributed by atoms with van der Waals surface area (Å²) >= 11 is 5.81. The molecular formula is C16H23ClN2O2S. The number of nitrogens with one attached hydrogen (secondary N) is 1. The number of halogens is 1. The van der Waals surface area contributed by atoms with Crippen LogP contribution < -0.4 is 4.72 Å². The fourth-order valence-corrected chi connectivity index (χ4v) is 5.03. The third-order valence-electron chi connectivity index (χ3n) is 5.17. The predicted octanol–water partition coefficient (Wildman–Crippen LogP) is 2.74. The van der Waals surface area contributed by atoms with Crippen molar-refractivity contribution in [3.8, 4) is 0 Å². The van der Waals surface area contributed by atoms with Gasteiger partial charge in [0.25, 0.3) is 0 Å². The van der Waals surface area contributed by atoms with Crippen LogP contribution in [0.2, 0.25) is 5.02 Å². The molecule has 22 heavy (non-hydrogen) atoms. The highest BCUT2D eigenvalue weighted by Gasteiger charge is 2.39. The van der Waals surface area contributed by atoms with Crippen LogP contribution in [0.15, 0.2) is 29.2 Å². The van der Waals surface area contributed by atoms with Gasteiger partial charge in [-0.2, -0.15) is 0 Å². The van der Waals surface area contributed by atoms with Crippen LogP contribution >= 0.6 is 11.6 Å². The Morgan fingerprint density at radius 3 is 2.64 bits per heavy atom. The quantitative estimate of drug-likeness (QED) is 0.895. The molecule has 0 spiro atoms. The summed E-state index contributed by atoms with van der Waals surface area (Å²) in [4.78, 5) is 2.73. The first-order valence-electron chi connectivity index (χ1n) is 7.99. The minimum atomic E-state index is -3.45. The summed E-state index contributed by atoms with van der Waals surface area (Å²) in [5, 5.41) is 0.542. The molecule has 3 heterocycles. The summed E-state index contributed by atoms with van der Waals surface area (Å²) in [5.41, 5.74) is 0. The van der Waals surface area contributed by atoms with Gasteiger partial charge in [-0.15, -0.1) is 0 Å². The van der Waals surface area contributed by atoms with Crippen molar-refractivity contribution in [2.45, 2.75) is 37.1 Å². The molecule has 122 valence electrons. The van der Waals surface area contributed by atoms with E-state index in [0.29, 0.717) is 17.6 Å². The average molecular weight is 343 g/mol. The van der Waals surface area contributed by atoms with E-state index < -0.39 is 10.0 Å². The second-order valence-corrected chi connectivity index (χ2v) is 8.61. The predicted molar refractivity (Wildman–Crippen MR) is 88.5 cm³/mol. The lowest BCUT2D eigenvalue weighted by molar-refractivity contribution is 0.00236. The molecule has 4 nitrogen and oxygen atoms in total. The second-order valence-electron chi connectivity index (χ2n) is 6.41. The molecular weight excluding hydrogens is 320 g/mol. The van der Waals surface area contributed by atoms with E-state index in [1.807, 2.05) is 0 Å². The highest BCUT2D eigenvalue weighted by atomic mass is 35.5. The number of sulfonamides is 1. The molecule has 4 rings (SSSR count). The molecule has 3 fully saturated rings. The smallest absolute Gasteiger partial charge is 0.240 e. The minimum absolute atomic E-state index is 0.277. The molecule has 1 aromatic rings. The average Bonchev–Trinajstić information content (AvgIpc) is 2.54. The molecule has 0 aliphatic carbocycles. The Hall–Kier alpha value is -0.620. The standard InChI is InChI=1S/C16H23ClN2O2S/c1-2-12-11-19-8-7-13(12)9-15(19)10-18-22(20,21)16-5-3-14(17)4-6-16/h3-6,12-13,15,18H,2,7-11H2,1H3/t12-,13-,15+/m0/s1. The molecule has 0 saturated carbocycles. The highest BCUT2D eigenvalue weighted by Crippen LogP contribution is 2.37. The van der Waals surface area contributed by atoms with Crippen LogP contribution in [0.25, 0.3) is 0 Å². The fraction of sp³-hybridized carbons (Fsp3) is 0.625. The van der Waals surface area contributed by atoms with Crippen LogP contribution in [0.3, 0.4) is 0 Å². The van der Waals surface area contributed by atoms with E-state index in [4.69, 9.17) is 11.6 Å². The molecule has 3 aliphatic heterocycles. The molecule has 4 atom stereocenters. The van der Waals surface area contributed by atoms with E-state index in [9.17, 15) is 8.42 Å². The van der Waals surface area contributed by atoms with Crippen molar-refractivity contribution >= 4 is 21.6 Å². The first-order chi connectivity index (χ1) is 10.5. The number of hydrogen-bond donors (Lipinski definition) is 1. The summed E-state index contributed by atoms with van der Waals surface area (Å²) in [6.07, 6.45) is 3.60. The molecule has 3 aliphatic rings. The summed E-state index contributed by atoms with van der Waals surface area (Å²) in [6, 6.07) is 6.64. The Balaban J connectivity index is 1.62. The van der Waals surface area contributed by atoms with Crippen molar-refractivity contribution in [3.05, 3.63) is 29.3 Å². The second kappa shape index (κ2) is 6.48. The van der Waals surface area contributed by atoms with Crippen LogP contribution in [0.5, 0.6) is 0 Å². The van der Waals surface area contributed by atoms with Crippen molar-refractivity contribution in [2.24, 2.45) is 11.8 Å². The van der Waals surface area contributed by atoms with E-state index in [1.54, 1.807) is 24.3 Å². The maximum Gasteiger partial charge on any atom is 0.240 e. The van der Waals surface area contributed by atoms with Crippen LogP contribution in [0, 0.1) is 11.8 Å². The van der Waals surface area contributed by atoms with E-state index >= 15 is 0 Å². The van der Waals surface area contributed by atoms with Gasteiger partial charge in [0.2, 0.25) is 10.0 Å². The van der Waals surface area contributed by atoms with Crippen LogP contribution in [-0.4, -0.2) is 39.0 Å². The zero-order valence-electron chi connectivity index (χ0n) is 12.8. The molecule has 6 heteroatoms. The first-order valence-corrected chi connectivity index (χ1v) is 9.85. The number of rotatable bonds is 5. The molecule has 0 radical (unpaired) electrons. The maximum absolute atomic E-state index is 12.3. The molecule has 3 saturated heterocycles. The lowest BCUT2D eigenvalue weighted by Gasteiger charge is -2.49. The number of piperidine rings is 3. The summed E-state index contributed by atoms with van der Waals surface area (Å²) in [6.45, 7) is 4.98. The fourth-order valence-electron chi connectivity index (χ4n) is 3.83. The minimum Gasteiger partial charge on any atom is -0.299 e. The lowest BCUT2D eigenvalue weighted by Crippen LogP contribution is -2.56. The molecule has 0 amide bonds. The van der Waals surface area contributed by atoms with E-state index in [0.717, 1.165) is 31.3 Å². The van der Waals surface area contributed by atoms with Gasteiger partial charge in [0.15, 0.2) is 0 Å². The zero-order chi connectivity index (χ0) is 15.7. The van der Waals surface area contributed by atoms with Gasteiger partial charge in [-0.25, -0.2) is 13.1 Å². The number of hydrogen-bond acceptors (Lipinski definition) is 3. The van der Waals surface area contributed by atoms with Gasteiger partial charge in [0.1, 0.15) is 0 Å². The van der Waals surface area contributed by atoms with Gasteiger partial charge in [-0.05, 0) is 55.5 Å².